The van der Waals surface area contributed by atoms with E-state index in [1.807, 2.05) is 0 Å². The Labute approximate surface area is 113 Å². The Kier molecular flexibility index (Phi) is 4.38. The molecule has 2 heteroatoms. The highest BCUT2D eigenvalue weighted by molar-refractivity contribution is 5.10. The van der Waals surface area contributed by atoms with Gasteiger partial charge >= 0.3 is 0 Å². The van der Waals surface area contributed by atoms with Crippen molar-refractivity contribution < 1.29 is 4.74 Å². The standard InChI is InChI=1S/C16H31NO/c1-6-11(2)10-12(3)17-14-13-8-7-9-18-15(13)16(14,4)5/h11-15,17H,6-10H2,1-5H3. The molecule has 1 heterocycles. The topological polar surface area (TPSA) is 21.3 Å². The molecule has 0 spiro atoms. The molecule has 1 N–H and O–H groups in total. The van der Waals surface area contributed by atoms with Crippen molar-refractivity contribution in [1.29, 1.82) is 0 Å². The fraction of sp³-hybridized carbons (Fsp3) is 1.00. The average Bonchev–Trinajstić information content (AvgIpc) is 2.36. The van der Waals surface area contributed by atoms with Gasteiger partial charge in [0.25, 0.3) is 0 Å². The van der Waals surface area contributed by atoms with Crippen LogP contribution in [0.1, 0.15) is 60.3 Å². The minimum Gasteiger partial charge on any atom is -0.377 e. The number of rotatable bonds is 5. The Morgan fingerprint density at radius 2 is 2.06 bits per heavy atom. The largest absolute Gasteiger partial charge is 0.377 e. The first-order valence-corrected chi connectivity index (χ1v) is 7.84. The second kappa shape index (κ2) is 5.50. The molecule has 1 saturated heterocycles. The van der Waals surface area contributed by atoms with Gasteiger partial charge in [-0.3, -0.25) is 0 Å². The van der Waals surface area contributed by atoms with Gasteiger partial charge in [0.2, 0.25) is 0 Å². The predicted molar refractivity (Wildman–Crippen MR) is 76.7 cm³/mol. The molecule has 2 rings (SSSR count). The molecule has 1 aliphatic heterocycles. The van der Waals surface area contributed by atoms with Gasteiger partial charge in [-0.15, -0.1) is 0 Å². The summed E-state index contributed by atoms with van der Waals surface area (Å²) >= 11 is 0. The Balaban J connectivity index is 1.88. The number of nitrogens with one attached hydrogen (secondary N) is 1. The van der Waals surface area contributed by atoms with Crippen LogP contribution in [0.3, 0.4) is 0 Å². The van der Waals surface area contributed by atoms with E-state index in [2.05, 4.69) is 39.9 Å². The molecule has 2 aliphatic rings. The van der Waals surface area contributed by atoms with Gasteiger partial charge in [0.15, 0.2) is 0 Å². The summed E-state index contributed by atoms with van der Waals surface area (Å²) in [5.74, 6) is 1.59. The zero-order valence-electron chi connectivity index (χ0n) is 12.8. The van der Waals surface area contributed by atoms with Crippen LogP contribution in [-0.4, -0.2) is 24.8 Å². The molecule has 0 aromatic rings. The molecule has 0 radical (unpaired) electrons. The molecule has 1 saturated carbocycles. The first-order valence-electron chi connectivity index (χ1n) is 7.84. The second-order valence-electron chi connectivity index (χ2n) is 7.21. The third-order valence-corrected chi connectivity index (χ3v) is 5.25. The van der Waals surface area contributed by atoms with E-state index < -0.39 is 0 Å². The van der Waals surface area contributed by atoms with Crippen LogP contribution < -0.4 is 5.32 Å². The molecule has 1 aliphatic carbocycles. The summed E-state index contributed by atoms with van der Waals surface area (Å²) in [4.78, 5) is 0. The van der Waals surface area contributed by atoms with Crippen LogP contribution in [0.15, 0.2) is 0 Å². The van der Waals surface area contributed by atoms with Gasteiger partial charge in [0.05, 0.1) is 6.10 Å². The lowest BCUT2D eigenvalue weighted by atomic mass is 9.55. The van der Waals surface area contributed by atoms with E-state index in [-0.39, 0.29) is 0 Å². The number of fused-ring (bicyclic) bond motifs is 1. The van der Waals surface area contributed by atoms with Crippen molar-refractivity contribution in [2.45, 2.75) is 78.5 Å². The summed E-state index contributed by atoms with van der Waals surface area (Å²) < 4.78 is 5.97. The van der Waals surface area contributed by atoms with E-state index in [0.29, 0.717) is 23.6 Å². The van der Waals surface area contributed by atoms with E-state index in [1.165, 1.54) is 25.7 Å². The Morgan fingerprint density at radius 1 is 1.33 bits per heavy atom. The fourth-order valence-corrected chi connectivity index (χ4v) is 4.01. The minimum absolute atomic E-state index is 0.314. The number of ether oxygens (including phenoxy) is 1. The normalized spacial score (nSPS) is 37.5. The maximum absolute atomic E-state index is 5.97. The van der Waals surface area contributed by atoms with Crippen LogP contribution in [0, 0.1) is 17.3 Å². The average molecular weight is 253 g/mol. The minimum atomic E-state index is 0.314. The van der Waals surface area contributed by atoms with Crippen LogP contribution in [-0.2, 0) is 4.74 Å². The summed E-state index contributed by atoms with van der Waals surface area (Å²) in [5, 5.41) is 3.89. The van der Waals surface area contributed by atoms with Crippen molar-refractivity contribution >= 4 is 0 Å². The zero-order chi connectivity index (χ0) is 13.3. The van der Waals surface area contributed by atoms with E-state index in [9.17, 15) is 0 Å². The van der Waals surface area contributed by atoms with Gasteiger partial charge < -0.3 is 10.1 Å². The van der Waals surface area contributed by atoms with Crippen molar-refractivity contribution in [3.05, 3.63) is 0 Å². The van der Waals surface area contributed by atoms with Crippen LogP contribution in [0.25, 0.3) is 0 Å². The molecule has 0 aromatic heterocycles. The van der Waals surface area contributed by atoms with E-state index in [4.69, 9.17) is 4.74 Å². The molecule has 0 bridgehead atoms. The quantitative estimate of drug-likeness (QED) is 0.808. The first-order chi connectivity index (χ1) is 8.46. The fourth-order valence-electron chi connectivity index (χ4n) is 4.01. The van der Waals surface area contributed by atoms with Crippen LogP contribution in [0.5, 0.6) is 0 Å². The van der Waals surface area contributed by atoms with Gasteiger partial charge in [-0.25, -0.2) is 0 Å². The molecule has 5 atom stereocenters. The van der Waals surface area contributed by atoms with Gasteiger partial charge in [0, 0.05) is 30.0 Å². The molecule has 5 unspecified atom stereocenters. The highest BCUT2D eigenvalue weighted by Crippen LogP contribution is 2.51. The van der Waals surface area contributed by atoms with Crippen molar-refractivity contribution in [2.24, 2.45) is 17.3 Å². The lowest BCUT2D eigenvalue weighted by molar-refractivity contribution is -0.194. The molecule has 106 valence electrons. The third-order valence-electron chi connectivity index (χ3n) is 5.25. The summed E-state index contributed by atoms with van der Waals surface area (Å²) in [7, 11) is 0. The third kappa shape index (κ3) is 2.60. The number of hydrogen-bond acceptors (Lipinski definition) is 2. The molecule has 0 aromatic carbocycles. The Bertz CT molecular complexity index is 276. The zero-order valence-corrected chi connectivity index (χ0v) is 12.8. The smallest absolute Gasteiger partial charge is 0.0684 e. The van der Waals surface area contributed by atoms with Gasteiger partial charge in [-0.2, -0.15) is 0 Å². The SMILES string of the molecule is CCC(C)CC(C)NC1C2CCCOC2C1(C)C. The van der Waals surface area contributed by atoms with Crippen molar-refractivity contribution in [3.63, 3.8) is 0 Å². The van der Waals surface area contributed by atoms with E-state index >= 15 is 0 Å². The highest BCUT2D eigenvalue weighted by Gasteiger charge is 2.57. The second-order valence-corrected chi connectivity index (χ2v) is 7.21. The van der Waals surface area contributed by atoms with Crippen LogP contribution in [0.2, 0.25) is 0 Å². The maximum Gasteiger partial charge on any atom is 0.0684 e. The van der Waals surface area contributed by atoms with E-state index in [0.717, 1.165) is 18.4 Å². The number of hydrogen-bond donors (Lipinski definition) is 1. The summed E-state index contributed by atoms with van der Waals surface area (Å²) in [5.41, 5.74) is 0.314. The van der Waals surface area contributed by atoms with Gasteiger partial charge in [-0.05, 0) is 32.1 Å². The lowest BCUT2D eigenvalue weighted by Crippen LogP contribution is -2.70. The molecule has 2 nitrogen and oxygen atoms in total. The molecule has 18 heavy (non-hydrogen) atoms. The maximum atomic E-state index is 5.97. The Morgan fingerprint density at radius 3 is 2.72 bits per heavy atom. The molecule has 2 fully saturated rings. The highest BCUT2D eigenvalue weighted by atomic mass is 16.5. The Hall–Kier alpha value is -0.0800. The van der Waals surface area contributed by atoms with Crippen molar-refractivity contribution in [3.8, 4) is 0 Å². The van der Waals surface area contributed by atoms with Crippen molar-refractivity contribution in [2.75, 3.05) is 6.61 Å². The van der Waals surface area contributed by atoms with Gasteiger partial charge in [-0.1, -0.05) is 34.1 Å². The predicted octanol–water partition coefficient (Wildman–Crippen LogP) is 3.60. The molecule has 0 amide bonds. The molecular weight excluding hydrogens is 222 g/mol. The van der Waals surface area contributed by atoms with Crippen LogP contribution in [0.4, 0.5) is 0 Å². The summed E-state index contributed by atoms with van der Waals surface area (Å²) in [6.45, 7) is 12.7. The van der Waals surface area contributed by atoms with E-state index in [1.54, 1.807) is 0 Å². The monoisotopic (exact) mass is 253 g/mol. The van der Waals surface area contributed by atoms with Crippen LogP contribution >= 0.6 is 0 Å². The first kappa shape index (κ1) is 14.3. The van der Waals surface area contributed by atoms with Crippen molar-refractivity contribution in [1.82, 2.24) is 5.32 Å². The summed E-state index contributed by atoms with van der Waals surface area (Å²) in [6, 6.07) is 1.29. The van der Waals surface area contributed by atoms with Gasteiger partial charge in [0.1, 0.15) is 0 Å². The lowest BCUT2D eigenvalue weighted by Gasteiger charge is -2.60. The summed E-state index contributed by atoms with van der Waals surface area (Å²) in [6.07, 6.45) is 5.67. The molecular formula is C16H31NO.